The number of nitrogens with one attached hydrogen (secondary N) is 1. The van der Waals surface area contributed by atoms with Crippen LogP contribution < -0.4 is 10.1 Å². The number of hydrogen-bond acceptors (Lipinski definition) is 4. The lowest BCUT2D eigenvalue weighted by Crippen LogP contribution is -2.50. The highest BCUT2D eigenvalue weighted by atomic mass is 16.5. The Labute approximate surface area is 149 Å². The normalized spacial score (nSPS) is 16.0. The molecule has 0 aromatic heterocycles. The summed E-state index contributed by atoms with van der Waals surface area (Å²) in [5, 5.41) is 5.30. The molecule has 0 aliphatic carbocycles. The van der Waals surface area contributed by atoms with Gasteiger partial charge in [-0.05, 0) is 29.8 Å². The number of carbonyl (C=O) groups excluding carboxylic acids is 1. The summed E-state index contributed by atoms with van der Waals surface area (Å²) in [7, 11) is 0. The van der Waals surface area contributed by atoms with Gasteiger partial charge in [0.05, 0.1) is 6.54 Å². The maximum absolute atomic E-state index is 11.6. The Bertz CT molecular complexity index is 696. The number of nitrogens with zero attached hydrogens (tertiary/aromatic N) is 2. The zero-order valence-corrected chi connectivity index (χ0v) is 14.9. The molecule has 1 aliphatic heterocycles. The van der Waals surface area contributed by atoms with Crippen molar-refractivity contribution in [1.29, 1.82) is 0 Å². The van der Waals surface area contributed by atoms with Crippen LogP contribution in [0.1, 0.15) is 6.92 Å². The first-order valence-corrected chi connectivity index (χ1v) is 9.07. The quantitative estimate of drug-likeness (QED) is 0.836. The van der Waals surface area contributed by atoms with E-state index in [1.54, 1.807) is 0 Å². The highest BCUT2D eigenvalue weighted by Crippen LogP contribution is 2.20. The van der Waals surface area contributed by atoms with E-state index in [9.17, 15) is 4.79 Å². The van der Waals surface area contributed by atoms with Crippen molar-refractivity contribution in [3.8, 4) is 5.75 Å². The number of likely N-dealkylation sites (N-methyl/N-ethyl adjacent to an activating group) is 1. The molecule has 1 heterocycles. The monoisotopic (exact) mass is 341 g/mol. The maximum Gasteiger partial charge on any atom is 0.234 e. The molecule has 3 rings (SSSR count). The summed E-state index contributed by atoms with van der Waals surface area (Å²) in [6.07, 6.45) is 0. The molecule has 0 saturated carbocycles. The van der Waals surface area contributed by atoms with Crippen LogP contribution in [0.25, 0.3) is 10.8 Å². The molecule has 1 amide bonds. The number of benzene rings is 2. The molecule has 0 atom stereocenters. The van der Waals surface area contributed by atoms with Crippen molar-refractivity contribution in [2.45, 2.75) is 6.92 Å². The summed E-state index contributed by atoms with van der Waals surface area (Å²) in [6, 6.07) is 14.5. The van der Waals surface area contributed by atoms with Gasteiger partial charge in [0.2, 0.25) is 5.91 Å². The van der Waals surface area contributed by atoms with E-state index in [1.165, 1.54) is 10.8 Å². The van der Waals surface area contributed by atoms with Crippen molar-refractivity contribution in [1.82, 2.24) is 15.1 Å². The predicted octanol–water partition coefficient (Wildman–Crippen LogP) is 1.97. The number of hydrogen-bond donors (Lipinski definition) is 1. The Morgan fingerprint density at radius 2 is 1.76 bits per heavy atom. The van der Waals surface area contributed by atoms with E-state index in [0.29, 0.717) is 19.7 Å². The van der Waals surface area contributed by atoms with Gasteiger partial charge in [-0.15, -0.1) is 0 Å². The number of fused-ring (bicyclic) bond motifs is 1. The van der Waals surface area contributed by atoms with Crippen molar-refractivity contribution in [2.24, 2.45) is 0 Å². The second-order valence-electron chi connectivity index (χ2n) is 6.43. The molecule has 1 saturated heterocycles. The van der Waals surface area contributed by atoms with E-state index >= 15 is 0 Å². The molecular weight excluding hydrogens is 314 g/mol. The van der Waals surface area contributed by atoms with E-state index in [0.717, 1.165) is 38.5 Å². The molecule has 5 nitrogen and oxygen atoms in total. The first-order chi connectivity index (χ1) is 12.2. The van der Waals surface area contributed by atoms with Gasteiger partial charge in [0.1, 0.15) is 12.4 Å². The predicted molar refractivity (Wildman–Crippen MR) is 101 cm³/mol. The second-order valence-corrected chi connectivity index (χ2v) is 6.43. The summed E-state index contributed by atoms with van der Waals surface area (Å²) in [6.45, 7) is 8.61. The molecule has 1 fully saturated rings. The Balaban J connectivity index is 1.39. The fourth-order valence-electron chi connectivity index (χ4n) is 3.18. The molecule has 25 heavy (non-hydrogen) atoms. The third kappa shape index (κ3) is 5.18. The fraction of sp³-hybridized carbons (Fsp3) is 0.450. The molecule has 0 bridgehead atoms. The molecule has 0 spiro atoms. The SMILES string of the molecule is CCNC(=O)CN1CCN(CCOc2ccc3ccccc3c2)CC1. The molecule has 0 unspecified atom stereocenters. The molecular formula is C20H27N3O2. The first kappa shape index (κ1) is 17.7. The fourth-order valence-corrected chi connectivity index (χ4v) is 3.18. The van der Waals surface area contributed by atoms with Crippen molar-refractivity contribution in [2.75, 3.05) is 52.4 Å². The molecule has 134 valence electrons. The van der Waals surface area contributed by atoms with Gasteiger partial charge in [-0.25, -0.2) is 0 Å². The van der Waals surface area contributed by atoms with Crippen LogP contribution in [0.4, 0.5) is 0 Å². The standard InChI is InChI=1S/C20H27N3O2/c1-2-21-20(24)16-23-11-9-22(10-12-23)13-14-25-19-8-7-17-5-3-4-6-18(17)15-19/h3-8,15H,2,9-14,16H2,1H3,(H,21,24). The van der Waals surface area contributed by atoms with Crippen LogP contribution in [0.5, 0.6) is 5.75 Å². The summed E-state index contributed by atoms with van der Waals surface area (Å²) >= 11 is 0. The molecule has 5 heteroatoms. The zero-order valence-electron chi connectivity index (χ0n) is 14.9. The number of rotatable bonds is 7. The number of ether oxygens (including phenoxy) is 1. The molecule has 2 aromatic rings. The molecule has 2 aromatic carbocycles. The summed E-state index contributed by atoms with van der Waals surface area (Å²) in [4.78, 5) is 16.2. The van der Waals surface area contributed by atoms with E-state index in [4.69, 9.17) is 4.74 Å². The minimum Gasteiger partial charge on any atom is -0.492 e. The van der Waals surface area contributed by atoms with Crippen molar-refractivity contribution in [3.63, 3.8) is 0 Å². The highest BCUT2D eigenvalue weighted by molar-refractivity contribution is 5.83. The van der Waals surface area contributed by atoms with E-state index in [2.05, 4.69) is 39.4 Å². The van der Waals surface area contributed by atoms with Gasteiger partial charge in [0.25, 0.3) is 0 Å². The van der Waals surface area contributed by atoms with Crippen LogP contribution in [0.15, 0.2) is 42.5 Å². The average Bonchev–Trinajstić information content (AvgIpc) is 2.63. The van der Waals surface area contributed by atoms with Gasteiger partial charge in [0, 0.05) is 39.3 Å². The van der Waals surface area contributed by atoms with Gasteiger partial charge in [-0.3, -0.25) is 14.6 Å². The van der Waals surface area contributed by atoms with Gasteiger partial charge in [0.15, 0.2) is 0 Å². The lowest BCUT2D eigenvalue weighted by molar-refractivity contribution is -0.122. The molecule has 1 aliphatic rings. The van der Waals surface area contributed by atoms with Gasteiger partial charge in [-0.2, -0.15) is 0 Å². The third-order valence-electron chi connectivity index (χ3n) is 4.60. The van der Waals surface area contributed by atoms with Gasteiger partial charge >= 0.3 is 0 Å². The first-order valence-electron chi connectivity index (χ1n) is 9.07. The average molecular weight is 341 g/mol. The Morgan fingerprint density at radius 1 is 1.04 bits per heavy atom. The Morgan fingerprint density at radius 3 is 2.52 bits per heavy atom. The highest BCUT2D eigenvalue weighted by Gasteiger charge is 2.18. The summed E-state index contributed by atoms with van der Waals surface area (Å²) in [5.41, 5.74) is 0. The molecule has 1 N–H and O–H groups in total. The van der Waals surface area contributed by atoms with Gasteiger partial charge < -0.3 is 10.1 Å². The number of carbonyl (C=O) groups is 1. The Hall–Kier alpha value is -2.11. The second kappa shape index (κ2) is 8.83. The van der Waals surface area contributed by atoms with E-state index < -0.39 is 0 Å². The maximum atomic E-state index is 11.6. The van der Waals surface area contributed by atoms with Crippen LogP contribution in [0, 0.1) is 0 Å². The van der Waals surface area contributed by atoms with E-state index in [1.807, 2.05) is 25.1 Å². The van der Waals surface area contributed by atoms with Crippen molar-refractivity contribution >= 4 is 16.7 Å². The van der Waals surface area contributed by atoms with Crippen LogP contribution in [-0.2, 0) is 4.79 Å². The minimum absolute atomic E-state index is 0.121. The number of amides is 1. The lowest BCUT2D eigenvalue weighted by Gasteiger charge is -2.34. The van der Waals surface area contributed by atoms with Crippen LogP contribution in [0.2, 0.25) is 0 Å². The largest absolute Gasteiger partial charge is 0.492 e. The van der Waals surface area contributed by atoms with Gasteiger partial charge in [-0.1, -0.05) is 30.3 Å². The minimum atomic E-state index is 0.121. The van der Waals surface area contributed by atoms with Crippen LogP contribution in [-0.4, -0.2) is 68.1 Å². The zero-order chi connectivity index (χ0) is 17.5. The topological polar surface area (TPSA) is 44.8 Å². The summed E-state index contributed by atoms with van der Waals surface area (Å²) in [5.74, 6) is 1.05. The third-order valence-corrected chi connectivity index (χ3v) is 4.60. The van der Waals surface area contributed by atoms with Crippen molar-refractivity contribution < 1.29 is 9.53 Å². The number of piperazine rings is 1. The summed E-state index contributed by atoms with van der Waals surface area (Å²) < 4.78 is 5.92. The van der Waals surface area contributed by atoms with Crippen LogP contribution >= 0.6 is 0 Å². The van der Waals surface area contributed by atoms with Crippen LogP contribution in [0.3, 0.4) is 0 Å². The Kier molecular flexibility index (Phi) is 6.25. The van der Waals surface area contributed by atoms with E-state index in [-0.39, 0.29) is 5.91 Å². The molecule has 0 radical (unpaired) electrons. The smallest absolute Gasteiger partial charge is 0.234 e. The lowest BCUT2D eigenvalue weighted by atomic mass is 10.1. The van der Waals surface area contributed by atoms with Crippen molar-refractivity contribution in [3.05, 3.63) is 42.5 Å².